The van der Waals surface area contributed by atoms with Crippen molar-refractivity contribution >= 4 is 0 Å². The quantitative estimate of drug-likeness (QED) is 0.739. The minimum Gasteiger partial charge on any atom is -0.329 e. The van der Waals surface area contributed by atoms with Crippen LogP contribution in [0, 0.1) is 17.3 Å². The van der Waals surface area contributed by atoms with Crippen LogP contribution in [0.25, 0.3) is 0 Å². The Labute approximate surface area is 133 Å². The molecule has 0 aromatic rings. The Balaban J connectivity index is 3.10. The molecule has 1 saturated carbocycles. The van der Waals surface area contributed by atoms with Crippen LogP contribution in [0.15, 0.2) is 0 Å². The van der Waals surface area contributed by atoms with E-state index in [9.17, 15) is 0 Å². The summed E-state index contributed by atoms with van der Waals surface area (Å²) in [6.45, 7) is 18.7. The van der Waals surface area contributed by atoms with Crippen LogP contribution < -0.4 is 5.73 Å². The third-order valence-electron chi connectivity index (χ3n) is 5.88. The first-order valence-electron chi connectivity index (χ1n) is 9.19. The summed E-state index contributed by atoms with van der Waals surface area (Å²) in [6.07, 6.45) is 6.35. The van der Waals surface area contributed by atoms with E-state index in [1.807, 2.05) is 0 Å². The van der Waals surface area contributed by atoms with Crippen molar-refractivity contribution in [3.05, 3.63) is 0 Å². The van der Waals surface area contributed by atoms with Gasteiger partial charge < -0.3 is 5.73 Å². The van der Waals surface area contributed by atoms with E-state index in [2.05, 4.69) is 53.4 Å². The average Bonchev–Trinajstić information content (AvgIpc) is 2.39. The molecule has 0 aromatic heterocycles. The third kappa shape index (κ3) is 4.22. The number of hydrogen-bond donors (Lipinski definition) is 1. The van der Waals surface area contributed by atoms with Crippen LogP contribution in [0.2, 0.25) is 0 Å². The predicted octanol–water partition coefficient (Wildman–Crippen LogP) is 4.68. The van der Waals surface area contributed by atoms with E-state index >= 15 is 0 Å². The minimum absolute atomic E-state index is 0.219. The lowest BCUT2D eigenvalue weighted by Crippen LogP contribution is -2.64. The summed E-state index contributed by atoms with van der Waals surface area (Å²) in [5.74, 6) is 1.39. The summed E-state index contributed by atoms with van der Waals surface area (Å²) >= 11 is 0. The molecule has 0 aromatic carbocycles. The fraction of sp³-hybridized carbons (Fsp3) is 1.00. The van der Waals surface area contributed by atoms with Gasteiger partial charge in [-0.3, -0.25) is 4.90 Å². The van der Waals surface area contributed by atoms with Gasteiger partial charge >= 0.3 is 0 Å². The van der Waals surface area contributed by atoms with Gasteiger partial charge in [0.25, 0.3) is 0 Å². The molecule has 2 unspecified atom stereocenters. The van der Waals surface area contributed by atoms with Gasteiger partial charge in [-0.2, -0.15) is 0 Å². The summed E-state index contributed by atoms with van der Waals surface area (Å²) in [4.78, 5) is 2.82. The molecular formula is C19H40N2. The standard InChI is InChI=1S/C19H40N2/c1-8-17(9-2)21(13-15(3)4)19(14-20)11-10-18(6,7)12-16(19)5/h15-17H,8-14,20H2,1-7H3. The number of hydrogen-bond acceptors (Lipinski definition) is 2. The molecule has 1 aliphatic carbocycles. The molecule has 0 amide bonds. The van der Waals surface area contributed by atoms with Crippen LogP contribution >= 0.6 is 0 Å². The van der Waals surface area contributed by atoms with E-state index in [0.717, 1.165) is 6.54 Å². The van der Waals surface area contributed by atoms with Gasteiger partial charge in [0.2, 0.25) is 0 Å². The molecular weight excluding hydrogens is 256 g/mol. The zero-order valence-corrected chi connectivity index (χ0v) is 15.7. The normalized spacial score (nSPS) is 29.6. The first-order chi connectivity index (χ1) is 9.72. The fourth-order valence-corrected chi connectivity index (χ4v) is 4.59. The zero-order chi connectivity index (χ0) is 16.3. The van der Waals surface area contributed by atoms with Crippen molar-refractivity contribution in [2.45, 2.75) is 92.2 Å². The third-order valence-corrected chi connectivity index (χ3v) is 5.88. The van der Waals surface area contributed by atoms with Gasteiger partial charge in [-0.05, 0) is 49.4 Å². The molecule has 2 heteroatoms. The molecule has 0 radical (unpaired) electrons. The molecule has 2 N–H and O–H groups in total. The second-order valence-corrected chi connectivity index (χ2v) is 8.59. The van der Waals surface area contributed by atoms with E-state index in [1.54, 1.807) is 0 Å². The highest BCUT2D eigenvalue weighted by Gasteiger charge is 2.48. The van der Waals surface area contributed by atoms with Gasteiger partial charge in [-0.1, -0.05) is 48.5 Å². The molecule has 1 aliphatic rings. The Hall–Kier alpha value is -0.0800. The molecule has 2 atom stereocenters. The Morgan fingerprint density at radius 1 is 1.14 bits per heavy atom. The second-order valence-electron chi connectivity index (χ2n) is 8.59. The van der Waals surface area contributed by atoms with Crippen molar-refractivity contribution in [1.82, 2.24) is 4.90 Å². The van der Waals surface area contributed by atoms with Crippen LogP contribution in [0.4, 0.5) is 0 Å². The van der Waals surface area contributed by atoms with Crippen LogP contribution in [-0.2, 0) is 0 Å². The highest BCUT2D eigenvalue weighted by molar-refractivity contribution is 5.03. The lowest BCUT2D eigenvalue weighted by atomic mass is 9.62. The summed E-state index contributed by atoms with van der Waals surface area (Å²) in [5.41, 5.74) is 7.10. The van der Waals surface area contributed by atoms with Gasteiger partial charge in [-0.15, -0.1) is 0 Å². The highest BCUT2D eigenvalue weighted by Crippen LogP contribution is 2.47. The van der Waals surface area contributed by atoms with Gasteiger partial charge in [0.05, 0.1) is 0 Å². The Kier molecular flexibility index (Phi) is 6.74. The largest absolute Gasteiger partial charge is 0.329 e. The summed E-state index contributed by atoms with van der Waals surface area (Å²) < 4.78 is 0. The predicted molar refractivity (Wildman–Crippen MR) is 94.5 cm³/mol. The molecule has 1 rings (SSSR count). The maximum absolute atomic E-state index is 6.40. The summed E-state index contributed by atoms with van der Waals surface area (Å²) in [7, 11) is 0. The van der Waals surface area contributed by atoms with E-state index < -0.39 is 0 Å². The van der Waals surface area contributed by atoms with Crippen LogP contribution in [0.5, 0.6) is 0 Å². The Bertz CT molecular complexity index is 307. The average molecular weight is 297 g/mol. The SMILES string of the molecule is CCC(CC)N(CC(C)C)C1(CN)CCC(C)(C)CC1C. The molecule has 1 fully saturated rings. The van der Waals surface area contributed by atoms with E-state index in [4.69, 9.17) is 5.73 Å². The van der Waals surface area contributed by atoms with E-state index in [-0.39, 0.29) is 5.54 Å². The first kappa shape index (κ1) is 19.0. The molecule has 0 saturated heterocycles. The van der Waals surface area contributed by atoms with Crippen molar-refractivity contribution in [3.8, 4) is 0 Å². The van der Waals surface area contributed by atoms with Gasteiger partial charge in [0.1, 0.15) is 0 Å². The van der Waals surface area contributed by atoms with Crippen LogP contribution in [0.1, 0.15) is 80.6 Å². The minimum atomic E-state index is 0.219. The molecule has 0 bridgehead atoms. The Morgan fingerprint density at radius 2 is 1.71 bits per heavy atom. The lowest BCUT2D eigenvalue weighted by molar-refractivity contribution is -0.0544. The van der Waals surface area contributed by atoms with Crippen molar-refractivity contribution < 1.29 is 0 Å². The highest BCUT2D eigenvalue weighted by atomic mass is 15.2. The Morgan fingerprint density at radius 3 is 2.10 bits per heavy atom. The molecule has 21 heavy (non-hydrogen) atoms. The zero-order valence-electron chi connectivity index (χ0n) is 15.7. The van der Waals surface area contributed by atoms with E-state index in [0.29, 0.717) is 23.3 Å². The van der Waals surface area contributed by atoms with Crippen molar-refractivity contribution in [3.63, 3.8) is 0 Å². The van der Waals surface area contributed by atoms with Gasteiger partial charge in [-0.25, -0.2) is 0 Å². The molecule has 126 valence electrons. The van der Waals surface area contributed by atoms with Crippen LogP contribution in [-0.4, -0.2) is 29.6 Å². The summed E-state index contributed by atoms with van der Waals surface area (Å²) in [6, 6.07) is 0.680. The lowest BCUT2D eigenvalue weighted by Gasteiger charge is -2.56. The van der Waals surface area contributed by atoms with Crippen LogP contribution in [0.3, 0.4) is 0 Å². The van der Waals surface area contributed by atoms with Crippen molar-refractivity contribution in [1.29, 1.82) is 0 Å². The van der Waals surface area contributed by atoms with Crippen molar-refractivity contribution in [2.75, 3.05) is 13.1 Å². The van der Waals surface area contributed by atoms with Gasteiger partial charge in [0.15, 0.2) is 0 Å². The molecule has 0 aliphatic heterocycles. The molecule has 2 nitrogen and oxygen atoms in total. The second kappa shape index (κ2) is 7.46. The monoisotopic (exact) mass is 296 g/mol. The van der Waals surface area contributed by atoms with Gasteiger partial charge in [0, 0.05) is 24.7 Å². The molecule has 0 heterocycles. The topological polar surface area (TPSA) is 29.3 Å². The first-order valence-corrected chi connectivity index (χ1v) is 9.19. The van der Waals surface area contributed by atoms with E-state index in [1.165, 1.54) is 38.6 Å². The van der Waals surface area contributed by atoms with Crippen molar-refractivity contribution in [2.24, 2.45) is 23.0 Å². The fourth-order valence-electron chi connectivity index (χ4n) is 4.59. The number of nitrogens with zero attached hydrogens (tertiary/aromatic N) is 1. The number of nitrogens with two attached hydrogens (primary N) is 1. The maximum atomic E-state index is 6.40. The molecule has 0 spiro atoms. The maximum Gasteiger partial charge on any atom is 0.0360 e. The number of rotatable bonds is 7. The summed E-state index contributed by atoms with van der Waals surface area (Å²) in [5, 5.41) is 0. The smallest absolute Gasteiger partial charge is 0.0360 e.